The highest BCUT2D eigenvalue weighted by atomic mass is 16.2. The molecule has 0 bridgehead atoms. The summed E-state index contributed by atoms with van der Waals surface area (Å²) in [5, 5.41) is 2.99. The van der Waals surface area contributed by atoms with Gasteiger partial charge in [-0.2, -0.15) is 0 Å². The standard InChI is InChI=1S/C32H35N3O4/c1-22(2)33-30(37)28(20-24-10-5-4-6-11-24)35(21-25-17-15-23(3)16-18-25)29(36)14-9-19-34-31(38)26-12-7-8-13-27(26)32(34)39/h4-8,10-13,15-18,22,28H,9,14,19-21H2,1-3H3,(H,33,37)/t28-/m0/s1. The molecule has 0 unspecified atom stereocenters. The molecule has 3 aromatic carbocycles. The van der Waals surface area contributed by atoms with Gasteiger partial charge in [-0.25, -0.2) is 0 Å². The molecular formula is C32H35N3O4. The highest BCUT2D eigenvalue weighted by molar-refractivity contribution is 6.21. The summed E-state index contributed by atoms with van der Waals surface area (Å²) < 4.78 is 0. The molecule has 1 N–H and O–H groups in total. The third-order valence-electron chi connectivity index (χ3n) is 6.83. The number of nitrogens with one attached hydrogen (secondary N) is 1. The van der Waals surface area contributed by atoms with E-state index in [1.165, 1.54) is 4.90 Å². The van der Waals surface area contributed by atoms with Gasteiger partial charge in [0.15, 0.2) is 0 Å². The number of rotatable bonds is 11. The van der Waals surface area contributed by atoms with Gasteiger partial charge in [0.1, 0.15) is 6.04 Å². The van der Waals surface area contributed by atoms with Crippen molar-refractivity contribution in [1.29, 1.82) is 0 Å². The Bertz CT molecular complexity index is 1300. The summed E-state index contributed by atoms with van der Waals surface area (Å²) in [6, 6.07) is 23.5. The van der Waals surface area contributed by atoms with E-state index in [2.05, 4.69) is 5.32 Å². The third kappa shape index (κ3) is 6.79. The van der Waals surface area contributed by atoms with Crippen molar-refractivity contribution >= 4 is 23.6 Å². The fourth-order valence-corrected chi connectivity index (χ4v) is 4.80. The minimum atomic E-state index is -0.720. The first-order valence-electron chi connectivity index (χ1n) is 13.4. The molecule has 3 aromatic rings. The van der Waals surface area contributed by atoms with Crippen LogP contribution in [0.2, 0.25) is 0 Å². The van der Waals surface area contributed by atoms with Crippen molar-refractivity contribution in [3.8, 4) is 0 Å². The zero-order valence-electron chi connectivity index (χ0n) is 22.7. The van der Waals surface area contributed by atoms with E-state index in [0.29, 0.717) is 24.0 Å². The summed E-state index contributed by atoms with van der Waals surface area (Å²) in [4.78, 5) is 55.5. The maximum Gasteiger partial charge on any atom is 0.261 e. The van der Waals surface area contributed by atoms with Crippen LogP contribution in [0.5, 0.6) is 0 Å². The van der Waals surface area contributed by atoms with E-state index in [4.69, 9.17) is 0 Å². The largest absolute Gasteiger partial charge is 0.352 e. The van der Waals surface area contributed by atoms with E-state index >= 15 is 0 Å². The lowest BCUT2D eigenvalue weighted by Crippen LogP contribution is -2.51. The van der Waals surface area contributed by atoms with Crippen LogP contribution < -0.4 is 5.32 Å². The molecule has 1 heterocycles. The number of hydrogen-bond donors (Lipinski definition) is 1. The van der Waals surface area contributed by atoms with Crippen LogP contribution in [-0.2, 0) is 22.6 Å². The monoisotopic (exact) mass is 525 g/mol. The fraction of sp³-hybridized carbons (Fsp3) is 0.312. The summed E-state index contributed by atoms with van der Waals surface area (Å²) in [7, 11) is 0. The highest BCUT2D eigenvalue weighted by Crippen LogP contribution is 2.23. The van der Waals surface area contributed by atoms with E-state index in [9.17, 15) is 19.2 Å². The quantitative estimate of drug-likeness (QED) is 0.373. The van der Waals surface area contributed by atoms with Gasteiger partial charge in [0.25, 0.3) is 11.8 Å². The predicted octanol–water partition coefficient (Wildman–Crippen LogP) is 4.54. The zero-order chi connectivity index (χ0) is 27.9. The first kappa shape index (κ1) is 27.8. The fourth-order valence-electron chi connectivity index (χ4n) is 4.80. The van der Waals surface area contributed by atoms with Crippen molar-refractivity contribution < 1.29 is 19.2 Å². The van der Waals surface area contributed by atoms with Crippen LogP contribution in [0.1, 0.15) is 64.1 Å². The highest BCUT2D eigenvalue weighted by Gasteiger charge is 2.35. The van der Waals surface area contributed by atoms with Gasteiger partial charge in [0.05, 0.1) is 11.1 Å². The predicted molar refractivity (Wildman–Crippen MR) is 150 cm³/mol. The molecule has 7 heteroatoms. The van der Waals surface area contributed by atoms with E-state index < -0.39 is 6.04 Å². The van der Waals surface area contributed by atoms with Gasteiger partial charge in [-0.15, -0.1) is 0 Å². The second kappa shape index (κ2) is 12.5. The van der Waals surface area contributed by atoms with E-state index in [1.807, 2.05) is 75.4 Å². The number of aryl methyl sites for hydroxylation is 1. The minimum absolute atomic E-state index is 0.0825. The number of imide groups is 1. The van der Waals surface area contributed by atoms with Crippen molar-refractivity contribution in [1.82, 2.24) is 15.1 Å². The van der Waals surface area contributed by atoms with Crippen LogP contribution in [0.25, 0.3) is 0 Å². The Morgan fingerprint density at radius 3 is 2.00 bits per heavy atom. The van der Waals surface area contributed by atoms with Crippen LogP contribution in [0.4, 0.5) is 0 Å². The summed E-state index contributed by atoms with van der Waals surface area (Å²) in [5.74, 6) is -1.09. The molecule has 4 rings (SSSR count). The van der Waals surface area contributed by atoms with Crippen molar-refractivity contribution in [3.05, 3.63) is 107 Å². The number of carbonyl (C=O) groups is 4. The van der Waals surface area contributed by atoms with Gasteiger partial charge in [0, 0.05) is 32.0 Å². The van der Waals surface area contributed by atoms with Gasteiger partial charge in [0.2, 0.25) is 11.8 Å². The smallest absolute Gasteiger partial charge is 0.261 e. The SMILES string of the molecule is Cc1ccc(CN(C(=O)CCCN2C(=O)c3ccccc3C2=O)[C@@H](Cc2ccccc2)C(=O)NC(C)C)cc1. The van der Waals surface area contributed by atoms with Crippen LogP contribution in [0.15, 0.2) is 78.9 Å². The molecule has 4 amide bonds. The number of carbonyl (C=O) groups excluding carboxylic acids is 4. The topological polar surface area (TPSA) is 86.8 Å². The third-order valence-corrected chi connectivity index (χ3v) is 6.83. The lowest BCUT2D eigenvalue weighted by atomic mass is 10.0. The Hall–Kier alpha value is -4.26. The summed E-state index contributed by atoms with van der Waals surface area (Å²) in [6.07, 6.45) is 0.771. The average molecular weight is 526 g/mol. The first-order chi connectivity index (χ1) is 18.7. The minimum Gasteiger partial charge on any atom is -0.352 e. The molecule has 0 saturated carbocycles. The van der Waals surface area contributed by atoms with E-state index in [1.54, 1.807) is 29.2 Å². The van der Waals surface area contributed by atoms with Crippen LogP contribution >= 0.6 is 0 Å². The number of fused-ring (bicyclic) bond motifs is 1. The Morgan fingerprint density at radius 2 is 1.41 bits per heavy atom. The molecule has 0 saturated heterocycles. The van der Waals surface area contributed by atoms with E-state index in [0.717, 1.165) is 16.7 Å². The van der Waals surface area contributed by atoms with Crippen LogP contribution in [0.3, 0.4) is 0 Å². The summed E-state index contributed by atoms with van der Waals surface area (Å²) in [6.45, 7) is 6.20. The van der Waals surface area contributed by atoms with Crippen LogP contribution in [0, 0.1) is 6.92 Å². The van der Waals surface area contributed by atoms with E-state index in [-0.39, 0.29) is 49.2 Å². The first-order valence-corrected chi connectivity index (χ1v) is 13.4. The lowest BCUT2D eigenvalue weighted by Gasteiger charge is -2.32. The van der Waals surface area contributed by atoms with Crippen molar-refractivity contribution in [2.75, 3.05) is 6.54 Å². The Morgan fingerprint density at radius 1 is 0.821 bits per heavy atom. The molecule has 1 atom stereocenters. The Balaban J connectivity index is 1.54. The number of nitrogens with zero attached hydrogens (tertiary/aromatic N) is 2. The summed E-state index contributed by atoms with van der Waals surface area (Å²) in [5.41, 5.74) is 3.76. The van der Waals surface area contributed by atoms with Gasteiger partial charge in [-0.3, -0.25) is 24.1 Å². The molecular weight excluding hydrogens is 490 g/mol. The molecule has 202 valence electrons. The average Bonchev–Trinajstić information content (AvgIpc) is 3.16. The van der Waals surface area contributed by atoms with Gasteiger partial charge < -0.3 is 10.2 Å². The Kier molecular flexibility index (Phi) is 8.92. The molecule has 0 aliphatic carbocycles. The zero-order valence-corrected chi connectivity index (χ0v) is 22.7. The lowest BCUT2D eigenvalue weighted by molar-refractivity contribution is -0.141. The van der Waals surface area contributed by atoms with Gasteiger partial charge in [-0.05, 0) is 50.5 Å². The number of amides is 4. The number of hydrogen-bond acceptors (Lipinski definition) is 4. The molecule has 0 aromatic heterocycles. The van der Waals surface area contributed by atoms with Crippen molar-refractivity contribution in [2.24, 2.45) is 0 Å². The maximum atomic E-state index is 13.7. The second-order valence-corrected chi connectivity index (χ2v) is 10.3. The normalized spacial score (nSPS) is 13.4. The van der Waals surface area contributed by atoms with Gasteiger partial charge in [-0.1, -0.05) is 72.3 Å². The van der Waals surface area contributed by atoms with Crippen molar-refractivity contribution in [2.45, 2.75) is 58.7 Å². The second-order valence-electron chi connectivity index (χ2n) is 10.3. The molecule has 7 nitrogen and oxygen atoms in total. The van der Waals surface area contributed by atoms with Crippen molar-refractivity contribution in [3.63, 3.8) is 0 Å². The summed E-state index contributed by atoms with van der Waals surface area (Å²) >= 11 is 0. The van der Waals surface area contributed by atoms with Crippen LogP contribution in [-0.4, -0.2) is 52.1 Å². The molecule has 1 aliphatic heterocycles. The molecule has 0 radical (unpaired) electrons. The Labute approximate surface area is 229 Å². The molecule has 1 aliphatic rings. The van der Waals surface area contributed by atoms with Gasteiger partial charge >= 0.3 is 0 Å². The molecule has 39 heavy (non-hydrogen) atoms. The number of benzene rings is 3. The molecule has 0 spiro atoms. The maximum absolute atomic E-state index is 13.7. The molecule has 0 fully saturated rings.